The van der Waals surface area contributed by atoms with Crippen LogP contribution < -0.4 is 21.3 Å². The summed E-state index contributed by atoms with van der Waals surface area (Å²) in [6.45, 7) is 14.1. The average molecular weight is 893 g/mol. The van der Waals surface area contributed by atoms with Gasteiger partial charge in [0.1, 0.15) is 18.3 Å². The molecule has 0 bridgehead atoms. The van der Waals surface area contributed by atoms with Crippen molar-refractivity contribution in [1.29, 1.82) is 0 Å². The Morgan fingerprint density at radius 3 is 2.61 bits per heavy atom. The number of aliphatic hydroxyl groups is 3. The van der Waals surface area contributed by atoms with Gasteiger partial charge in [0.2, 0.25) is 6.41 Å². The van der Waals surface area contributed by atoms with Crippen molar-refractivity contribution in [3.8, 4) is 0 Å². The minimum absolute atomic E-state index is 0.0219. The number of unbranched alkanes of at least 4 members (excludes halogenated alkanes) is 2. The third kappa shape index (κ3) is 11.0. The standard InChI is InChI=1S/C47H81FN6O5S2/c1-7-9-10-20-53(44(55)42(28(3)4)52-46(56)58-6)29(5)43-50-27-35(51-43)30-13-14-36-33(22-30)24-37-41-34(48)23-32(31(12-11-21-60)26-49-19-8-2)25-38(41)59-45(54(36)37)39-15-16-40(61-39)47(57)17-18-47/h13,15,23,28-29,31-33,35-38,40-46,49-52,55-57,60H,7-12,14,16-22,24-27H2,1-6H3/t29?,31?,32-,33+,35?,36+,37?,38?,40?,41-,42+,43?,44?,45?,46?/m1/s1. The molecule has 3 aliphatic carbocycles. The molecular weight excluding hydrogens is 812 g/mol. The minimum atomic E-state index is -1.16. The Balaban J connectivity index is 1.07. The monoisotopic (exact) mass is 893 g/mol. The van der Waals surface area contributed by atoms with Crippen LogP contribution >= 0.6 is 24.4 Å². The molecule has 0 aromatic heterocycles. The topological polar surface area (TPSA) is 134 Å². The quantitative estimate of drug-likeness (QED) is 0.0271. The van der Waals surface area contributed by atoms with Crippen molar-refractivity contribution in [3.05, 3.63) is 34.5 Å². The van der Waals surface area contributed by atoms with Gasteiger partial charge in [-0.3, -0.25) is 25.8 Å². The lowest BCUT2D eigenvalue weighted by molar-refractivity contribution is -0.177. The fraction of sp³-hybridized carbons (Fsp3) is 0.872. The molecule has 0 spiro atoms. The highest BCUT2D eigenvalue weighted by Gasteiger charge is 2.59. The van der Waals surface area contributed by atoms with Crippen molar-refractivity contribution in [2.24, 2.45) is 29.6 Å². The SMILES string of the molecule is CCCCCN(C(C)C1NCC(C2=CC[C@H]3[C@@H](C2)CC2[C@H]4C(F)=C[C@@H](C(CCCS)CNCCC)CC4OC(C4=CCC(C5(O)CC5)S4)N23)N1)C(O)[C@@H](NC(O)OC)C(C)C. The van der Waals surface area contributed by atoms with Gasteiger partial charge in [-0.2, -0.15) is 12.6 Å². The van der Waals surface area contributed by atoms with E-state index in [0.29, 0.717) is 11.8 Å². The van der Waals surface area contributed by atoms with Crippen LogP contribution in [-0.2, 0) is 9.47 Å². The van der Waals surface area contributed by atoms with Crippen molar-refractivity contribution in [2.45, 2.75) is 190 Å². The van der Waals surface area contributed by atoms with Gasteiger partial charge in [-0.05, 0) is 126 Å². The van der Waals surface area contributed by atoms with E-state index in [4.69, 9.17) is 9.47 Å². The van der Waals surface area contributed by atoms with E-state index in [-0.39, 0.29) is 77.5 Å². The van der Waals surface area contributed by atoms with Crippen LogP contribution in [-0.4, -0.2) is 136 Å². The van der Waals surface area contributed by atoms with Crippen molar-refractivity contribution in [1.82, 2.24) is 31.1 Å². The number of allylic oxidation sites excluding steroid dienone is 2. The van der Waals surface area contributed by atoms with Crippen molar-refractivity contribution in [2.75, 3.05) is 39.0 Å². The minimum Gasteiger partial charge on any atom is -0.389 e. The first kappa shape index (κ1) is 48.3. The molecule has 7 rings (SSSR count). The predicted molar refractivity (Wildman–Crippen MR) is 247 cm³/mol. The molecule has 10 unspecified atom stereocenters. The molecule has 15 atom stereocenters. The van der Waals surface area contributed by atoms with E-state index >= 15 is 4.39 Å². The smallest absolute Gasteiger partial charge is 0.213 e. The molecule has 7 N–H and O–H groups in total. The first-order valence-corrected chi connectivity index (χ1v) is 25.7. The number of nitrogens with one attached hydrogen (secondary N) is 4. The zero-order valence-corrected chi connectivity index (χ0v) is 39.7. The lowest BCUT2D eigenvalue weighted by Crippen LogP contribution is -2.62. The number of hydrogen-bond acceptors (Lipinski definition) is 13. The highest BCUT2D eigenvalue weighted by Crippen LogP contribution is 2.57. The van der Waals surface area contributed by atoms with E-state index in [2.05, 4.69) is 90.5 Å². The Labute approximate surface area is 376 Å². The molecule has 1 saturated carbocycles. The van der Waals surface area contributed by atoms with Crippen LogP contribution in [0.5, 0.6) is 0 Å². The van der Waals surface area contributed by atoms with Crippen LogP contribution in [0.2, 0.25) is 0 Å². The van der Waals surface area contributed by atoms with Gasteiger partial charge in [0.05, 0.1) is 29.8 Å². The second-order valence-corrected chi connectivity index (χ2v) is 21.6. The molecular formula is C47H81FN6O5S2. The first-order valence-electron chi connectivity index (χ1n) is 24.2. The molecule has 0 aromatic carbocycles. The highest BCUT2D eigenvalue weighted by molar-refractivity contribution is 8.04. The summed E-state index contributed by atoms with van der Waals surface area (Å²) in [7, 11) is 1.45. The number of fused-ring (bicyclic) bond motifs is 5. The molecule has 0 aromatic rings. The Morgan fingerprint density at radius 1 is 1.10 bits per heavy atom. The number of ether oxygens (including phenoxy) is 2. The van der Waals surface area contributed by atoms with Gasteiger partial charge in [0.15, 0.2) is 0 Å². The zero-order valence-electron chi connectivity index (χ0n) is 38.0. The van der Waals surface area contributed by atoms with Crippen molar-refractivity contribution in [3.63, 3.8) is 0 Å². The van der Waals surface area contributed by atoms with Crippen molar-refractivity contribution >= 4 is 24.4 Å². The molecule has 4 aliphatic heterocycles. The lowest BCUT2D eigenvalue weighted by Gasteiger charge is -2.51. The number of thioether (sulfide) groups is 1. The van der Waals surface area contributed by atoms with Crippen LogP contribution in [0, 0.1) is 29.6 Å². The van der Waals surface area contributed by atoms with Crippen LogP contribution in [0.25, 0.3) is 0 Å². The molecule has 11 nitrogen and oxygen atoms in total. The summed E-state index contributed by atoms with van der Waals surface area (Å²) < 4.78 is 29.3. The Kier molecular flexibility index (Phi) is 17.3. The number of halogens is 1. The summed E-state index contributed by atoms with van der Waals surface area (Å²) in [5.74, 6) is 1.54. The van der Waals surface area contributed by atoms with Gasteiger partial charge in [-0.15, -0.1) is 11.8 Å². The average Bonchev–Trinajstić information content (AvgIpc) is 3.63. The van der Waals surface area contributed by atoms with Gasteiger partial charge in [-0.1, -0.05) is 58.3 Å². The molecule has 348 valence electrons. The number of rotatable bonds is 23. The third-order valence-corrected chi connectivity index (χ3v) is 17.4. The maximum atomic E-state index is 16.9. The number of methoxy groups -OCH3 is 1. The normalized spacial score (nSPS) is 35.9. The molecule has 0 amide bonds. The van der Waals surface area contributed by atoms with E-state index < -0.39 is 18.2 Å². The summed E-state index contributed by atoms with van der Waals surface area (Å²) in [5.41, 5.74) is 0.866. The molecule has 7 aliphatic rings. The van der Waals surface area contributed by atoms with Crippen LogP contribution in [0.15, 0.2) is 34.5 Å². The molecule has 4 fully saturated rings. The summed E-state index contributed by atoms with van der Waals surface area (Å²) >= 11 is 6.36. The maximum absolute atomic E-state index is 16.9. The van der Waals surface area contributed by atoms with Crippen LogP contribution in [0.3, 0.4) is 0 Å². The first-order chi connectivity index (χ1) is 29.4. The zero-order chi connectivity index (χ0) is 43.4. The molecule has 14 heteroatoms. The predicted octanol–water partition coefficient (Wildman–Crippen LogP) is 5.84. The van der Waals surface area contributed by atoms with E-state index in [9.17, 15) is 15.3 Å². The lowest BCUT2D eigenvalue weighted by atomic mass is 9.73. The van der Waals surface area contributed by atoms with Gasteiger partial charge in [0.25, 0.3) is 0 Å². The Morgan fingerprint density at radius 2 is 1.90 bits per heavy atom. The van der Waals surface area contributed by atoms with E-state index in [0.717, 1.165) is 115 Å². The molecule has 61 heavy (non-hydrogen) atoms. The Bertz CT molecular complexity index is 1520. The van der Waals surface area contributed by atoms with Gasteiger partial charge in [-0.25, -0.2) is 4.39 Å². The summed E-state index contributed by atoms with van der Waals surface area (Å²) in [5, 5.41) is 48.0. The maximum Gasteiger partial charge on any atom is 0.213 e. The van der Waals surface area contributed by atoms with Gasteiger partial charge < -0.3 is 30.1 Å². The Hall–Kier alpha value is -0.590. The summed E-state index contributed by atoms with van der Waals surface area (Å²) in [6.07, 6.45) is 17.0. The van der Waals surface area contributed by atoms with Gasteiger partial charge in [0, 0.05) is 54.5 Å². The number of nitrogens with zero attached hydrogens (tertiary/aromatic N) is 2. The largest absolute Gasteiger partial charge is 0.389 e. The number of thiol groups is 1. The number of aliphatic hydroxyl groups excluding tert-OH is 2. The van der Waals surface area contributed by atoms with Crippen LogP contribution in [0.1, 0.15) is 118 Å². The third-order valence-electron chi connectivity index (χ3n) is 15.5. The van der Waals surface area contributed by atoms with Crippen molar-refractivity contribution < 1.29 is 29.2 Å². The van der Waals surface area contributed by atoms with E-state index in [1.807, 2.05) is 17.8 Å². The van der Waals surface area contributed by atoms with E-state index in [1.54, 1.807) is 0 Å². The summed E-state index contributed by atoms with van der Waals surface area (Å²) in [6, 6.07) is 0.105. The number of hydrogen-bond donors (Lipinski definition) is 8. The molecule has 4 heterocycles. The highest BCUT2D eigenvalue weighted by atomic mass is 32.2. The fourth-order valence-electron chi connectivity index (χ4n) is 11.8. The molecule has 0 radical (unpaired) electrons. The second-order valence-electron chi connectivity index (χ2n) is 19.9. The fourth-order valence-corrected chi connectivity index (χ4v) is 13.4. The van der Waals surface area contributed by atoms with Gasteiger partial charge >= 0.3 is 0 Å². The summed E-state index contributed by atoms with van der Waals surface area (Å²) in [4.78, 5) is 6.00. The molecule has 3 saturated heterocycles. The van der Waals surface area contributed by atoms with E-state index in [1.165, 1.54) is 17.6 Å². The van der Waals surface area contributed by atoms with Crippen LogP contribution in [0.4, 0.5) is 4.39 Å². The second kappa shape index (κ2) is 21.8.